The highest BCUT2D eigenvalue weighted by Crippen LogP contribution is 2.41. The van der Waals surface area contributed by atoms with E-state index in [0.29, 0.717) is 0 Å². The first-order valence-corrected chi connectivity index (χ1v) is 14.4. The second kappa shape index (κ2) is 15.9. The topological polar surface area (TPSA) is 234 Å². The maximum absolute atomic E-state index is 11.7. The van der Waals surface area contributed by atoms with Crippen LogP contribution < -0.4 is 0 Å². The average molecular weight is 647 g/mol. The lowest BCUT2D eigenvalue weighted by molar-refractivity contribution is -0.429. The fraction of sp³-hybridized carbons (Fsp3) is 1.00. The van der Waals surface area contributed by atoms with Crippen molar-refractivity contribution in [2.45, 2.75) is 118 Å². The smallest absolute Gasteiger partial charge is 0.195 e. The first-order chi connectivity index (χ1) is 20.7. The molecule has 0 spiro atoms. The highest BCUT2D eigenvalue weighted by Gasteiger charge is 2.61. The maximum atomic E-state index is 11.7. The number of rotatable bonds is 14. The molecule has 260 valence electrons. The van der Waals surface area contributed by atoms with Crippen LogP contribution in [0, 0.1) is 0 Å². The van der Waals surface area contributed by atoms with Gasteiger partial charge in [0.25, 0.3) is 0 Å². The minimum Gasteiger partial charge on any atom is -0.391 e. The van der Waals surface area contributed by atoms with Crippen molar-refractivity contribution in [2.24, 2.45) is 0 Å². The molecule has 0 aromatic carbocycles. The van der Waals surface area contributed by atoms with Crippen LogP contribution in [0.2, 0.25) is 0 Å². The van der Waals surface area contributed by atoms with Crippen LogP contribution in [0.3, 0.4) is 0 Å². The zero-order valence-corrected chi connectivity index (χ0v) is 26.1. The molecule has 0 aromatic rings. The van der Waals surface area contributed by atoms with E-state index in [1.165, 1.54) is 49.2 Å². The lowest BCUT2D eigenvalue weighted by atomic mass is 9.90. The van der Waals surface area contributed by atoms with Crippen LogP contribution in [0.1, 0.15) is 20.8 Å². The molecule has 0 saturated carbocycles. The molecule has 7 N–H and O–H groups in total. The van der Waals surface area contributed by atoms with Gasteiger partial charge in [-0.15, -0.1) is 0 Å². The van der Waals surface area contributed by atoms with Gasteiger partial charge in [-0.3, -0.25) is 0 Å². The summed E-state index contributed by atoms with van der Waals surface area (Å²) in [6.07, 6.45) is -18.7. The van der Waals surface area contributed by atoms with Gasteiger partial charge in [-0.2, -0.15) is 0 Å². The van der Waals surface area contributed by atoms with E-state index in [-0.39, 0.29) is 26.4 Å². The van der Waals surface area contributed by atoms with Crippen molar-refractivity contribution in [3.05, 3.63) is 0 Å². The first-order valence-electron chi connectivity index (χ1n) is 14.4. The Morgan fingerprint density at radius 1 is 0.636 bits per heavy atom. The molecule has 3 rings (SSSR count). The quantitative estimate of drug-likeness (QED) is 0.0959. The van der Waals surface area contributed by atoms with Crippen LogP contribution in [0.25, 0.3) is 0 Å². The fourth-order valence-electron chi connectivity index (χ4n) is 6.01. The number of ether oxygens (including phenoxy) is 10. The van der Waals surface area contributed by atoms with E-state index >= 15 is 0 Å². The summed E-state index contributed by atoms with van der Waals surface area (Å²) in [6.45, 7) is 3.90. The Morgan fingerprint density at radius 3 is 1.66 bits per heavy atom. The summed E-state index contributed by atoms with van der Waals surface area (Å²) in [5, 5.41) is 73.9. The highest BCUT2D eigenvalue weighted by molar-refractivity contribution is 5.03. The van der Waals surface area contributed by atoms with Gasteiger partial charge in [-0.1, -0.05) is 0 Å². The Kier molecular flexibility index (Phi) is 13.7. The van der Waals surface area contributed by atoms with Crippen molar-refractivity contribution < 1.29 is 83.1 Å². The molecular formula is C27H50O17. The first kappa shape index (κ1) is 37.8. The normalized spacial score (nSPS) is 47.5. The minimum absolute atomic E-state index is 0.0465. The predicted molar refractivity (Wildman–Crippen MR) is 145 cm³/mol. The van der Waals surface area contributed by atoms with Crippen molar-refractivity contribution >= 4 is 0 Å². The number of hydrogen-bond acceptors (Lipinski definition) is 17. The molecule has 16 atom stereocenters. The van der Waals surface area contributed by atoms with Gasteiger partial charge in [-0.05, 0) is 20.8 Å². The average Bonchev–Trinajstić information content (AvgIpc) is 2.95. The van der Waals surface area contributed by atoms with Gasteiger partial charge in [0, 0.05) is 28.4 Å². The molecule has 8 unspecified atom stereocenters. The van der Waals surface area contributed by atoms with Gasteiger partial charge in [0.15, 0.2) is 17.9 Å². The van der Waals surface area contributed by atoms with E-state index in [1.807, 2.05) is 0 Å². The van der Waals surface area contributed by atoms with Crippen LogP contribution in [-0.4, -0.2) is 188 Å². The molecule has 44 heavy (non-hydrogen) atoms. The number of hydrogen-bond donors (Lipinski definition) is 7. The van der Waals surface area contributed by atoms with Gasteiger partial charge in [0.05, 0.1) is 32.5 Å². The van der Waals surface area contributed by atoms with Gasteiger partial charge in [0.2, 0.25) is 0 Å². The molecule has 0 aromatic heterocycles. The Hall–Kier alpha value is -0.680. The zero-order valence-electron chi connectivity index (χ0n) is 26.1. The van der Waals surface area contributed by atoms with Crippen molar-refractivity contribution in [3.63, 3.8) is 0 Å². The van der Waals surface area contributed by atoms with Crippen molar-refractivity contribution in [2.75, 3.05) is 54.9 Å². The van der Waals surface area contributed by atoms with Gasteiger partial charge in [0.1, 0.15) is 73.2 Å². The minimum atomic E-state index is -1.82. The molecule has 17 nitrogen and oxygen atoms in total. The van der Waals surface area contributed by atoms with Gasteiger partial charge < -0.3 is 83.1 Å². The third-order valence-corrected chi connectivity index (χ3v) is 8.07. The SMILES string of the molecule is COCC1O[C@@H](O)C(O)C(O)[C@@H]1O[C@]1(C)OC(COC)[C@@H](O[C@]2(C)O[C@@H](COCC(C)O)[C@@H](O)C(O)C2OC)C(O)[C@@H]1OC. The standard InChI is InChI=1S/C27H50O17/c1-12(28)8-39-11-13-16(29)18(31)23(37-6)26(2,41-13)44-22-15(10-36-5)42-27(3,24(38-7)20(22)33)43-21-14(9-35-4)40-25(34)19(32)17(21)30/h12-25,28-34H,8-11H2,1-7H3/t12?,13-,14?,15?,16+,17?,18?,19?,20?,21+,22+,23?,24-,25+,26-,27-/m0/s1. The molecule has 3 heterocycles. The number of methoxy groups -OCH3 is 4. The molecule has 0 radical (unpaired) electrons. The summed E-state index contributed by atoms with van der Waals surface area (Å²) in [5.41, 5.74) is 0. The summed E-state index contributed by atoms with van der Waals surface area (Å²) >= 11 is 0. The Morgan fingerprint density at radius 2 is 1.14 bits per heavy atom. The van der Waals surface area contributed by atoms with Crippen LogP contribution in [0.4, 0.5) is 0 Å². The Balaban J connectivity index is 1.90. The molecule has 3 aliphatic rings. The predicted octanol–water partition coefficient (Wildman–Crippen LogP) is -3.77. The molecule has 0 amide bonds. The van der Waals surface area contributed by atoms with E-state index in [4.69, 9.17) is 47.4 Å². The van der Waals surface area contributed by atoms with Crippen LogP contribution >= 0.6 is 0 Å². The molecule has 0 bridgehead atoms. The summed E-state index contributed by atoms with van der Waals surface area (Å²) in [7, 11) is 5.35. The highest BCUT2D eigenvalue weighted by atomic mass is 16.8. The molecule has 3 fully saturated rings. The lowest BCUT2D eigenvalue weighted by Gasteiger charge is -2.55. The Bertz CT molecular complexity index is 866. The largest absolute Gasteiger partial charge is 0.391 e. The summed E-state index contributed by atoms with van der Waals surface area (Å²) in [6, 6.07) is 0. The number of aliphatic hydroxyl groups is 7. The molecule has 3 saturated heterocycles. The van der Waals surface area contributed by atoms with Gasteiger partial charge in [-0.25, -0.2) is 0 Å². The second-order valence-corrected chi connectivity index (χ2v) is 11.6. The van der Waals surface area contributed by atoms with Crippen molar-refractivity contribution in [1.29, 1.82) is 0 Å². The molecular weight excluding hydrogens is 596 g/mol. The van der Waals surface area contributed by atoms with E-state index in [2.05, 4.69) is 0 Å². The van der Waals surface area contributed by atoms with Crippen molar-refractivity contribution in [3.8, 4) is 0 Å². The third-order valence-electron chi connectivity index (χ3n) is 8.07. The molecule has 0 aliphatic carbocycles. The zero-order chi connectivity index (χ0) is 33.0. The number of aliphatic hydroxyl groups excluding tert-OH is 7. The molecule has 3 aliphatic heterocycles. The van der Waals surface area contributed by atoms with Crippen LogP contribution in [0.15, 0.2) is 0 Å². The maximum Gasteiger partial charge on any atom is 0.195 e. The molecule has 17 heteroatoms. The van der Waals surface area contributed by atoms with Gasteiger partial charge >= 0.3 is 0 Å². The lowest BCUT2D eigenvalue weighted by Crippen LogP contribution is -2.72. The third kappa shape index (κ3) is 8.06. The van der Waals surface area contributed by atoms with Crippen LogP contribution in [-0.2, 0) is 47.4 Å². The van der Waals surface area contributed by atoms with E-state index in [1.54, 1.807) is 0 Å². The second-order valence-electron chi connectivity index (χ2n) is 11.6. The van der Waals surface area contributed by atoms with Crippen molar-refractivity contribution in [1.82, 2.24) is 0 Å². The fourth-order valence-corrected chi connectivity index (χ4v) is 6.01. The van der Waals surface area contributed by atoms with E-state index in [9.17, 15) is 35.7 Å². The van der Waals surface area contributed by atoms with E-state index < -0.39 is 97.2 Å². The summed E-state index contributed by atoms with van der Waals surface area (Å²) < 4.78 is 57.3. The van der Waals surface area contributed by atoms with Crippen LogP contribution in [0.5, 0.6) is 0 Å². The van der Waals surface area contributed by atoms with E-state index in [0.717, 1.165) is 0 Å². The summed E-state index contributed by atoms with van der Waals surface area (Å²) in [4.78, 5) is 0. The summed E-state index contributed by atoms with van der Waals surface area (Å²) in [5.74, 6) is -3.61. The Labute approximate surface area is 256 Å². The monoisotopic (exact) mass is 646 g/mol.